The maximum atomic E-state index is 13.8. The minimum atomic E-state index is -3.96. The van der Waals surface area contributed by atoms with E-state index in [9.17, 15) is 28.9 Å². The number of hydrogen-bond acceptors (Lipinski definition) is 27. The van der Waals surface area contributed by atoms with Crippen LogP contribution in [0.4, 0.5) is 11.6 Å². The summed E-state index contributed by atoms with van der Waals surface area (Å²) in [6, 6.07) is 41.7. The number of fused-ring (bicyclic) bond motifs is 3. The molecule has 57 heteroatoms. The fraction of sp³-hybridized carbons (Fsp3) is 0.328. The van der Waals surface area contributed by atoms with Crippen LogP contribution >= 0.6 is 15.6 Å². The highest BCUT2D eigenvalue weighted by Crippen LogP contribution is 2.56. The van der Waals surface area contributed by atoms with E-state index in [0.29, 0.717) is 28.6 Å². The van der Waals surface area contributed by atoms with Gasteiger partial charge in [0.15, 0.2) is 35.5 Å². The summed E-state index contributed by atoms with van der Waals surface area (Å²) < 4.78 is 96.0. The average Bonchev–Trinajstić information content (AvgIpc) is 1.72. The molecular formula is C58H64N6O22P2S27. The Morgan fingerprint density at radius 2 is 0.904 bits per heavy atom. The summed E-state index contributed by atoms with van der Waals surface area (Å²) in [6.07, 6.45) is -5.66. The van der Waals surface area contributed by atoms with Crippen molar-refractivity contribution in [1.82, 2.24) is 19.1 Å². The van der Waals surface area contributed by atoms with Crippen molar-refractivity contribution in [2.75, 3.05) is 38.4 Å². The summed E-state index contributed by atoms with van der Waals surface area (Å²) in [5.41, 5.74) is 5.83. The van der Waals surface area contributed by atoms with Gasteiger partial charge in [0.2, 0.25) is 0 Å². The molecule has 10 atom stereocenters. The SMILES string of the molecule is C.COc1ccc(C(ONc2ccn([C@@H]3O[C@H](COP4(=O)OCc5ccccc5O4)C4OC(C)(C)O[C@@H]43)c(=O)n2)(c2ccccc2)c2ccc(OC)cc2)cc1.O=CO.O=c1nc(NO)ccn1[C@@H]1O[C@H](COP2(=O)OCc3ccccc3O2)C(O)[C@@H]1O.S=S=S=S=S=S=S=S=S=S=S=S=S=S=S=S=S=S=S=S=S=S=S=S=S=S=S. The molecule has 5 aromatic carbocycles. The molecule has 630 valence electrons. The van der Waals surface area contributed by atoms with Gasteiger partial charge in [-0.05, 0) is 79.1 Å². The monoisotopic (exact) mass is 2120 g/mol. The number of benzene rings is 5. The van der Waals surface area contributed by atoms with E-state index in [1.807, 2.05) is 171 Å². The highest BCUT2D eigenvalue weighted by atomic mass is 33.5. The Kier molecular flexibility index (Phi) is 44.5. The zero-order valence-corrected chi connectivity index (χ0v) is 81.6. The van der Waals surface area contributed by atoms with Gasteiger partial charge in [-0.3, -0.25) is 47.5 Å². The highest BCUT2D eigenvalue weighted by molar-refractivity contribution is 8.79. The van der Waals surface area contributed by atoms with E-state index in [2.05, 4.69) is 15.4 Å². The summed E-state index contributed by atoms with van der Waals surface area (Å²) in [4.78, 5) is 48.7. The Bertz CT molecular complexity index is 5890. The minimum Gasteiger partial charge on any atom is -0.497 e. The van der Waals surface area contributed by atoms with E-state index in [1.165, 1.54) is 40.8 Å². The lowest BCUT2D eigenvalue weighted by Gasteiger charge is -2.35. The third kappa shape index (κ3) is 30.2. The summed E-state index contributed by atoms with van der Waals surface area (Å²) in [7, 11) is 38.9. The maximum Gasteiger partial charge on any atom is 0.530 e. The normalized spacial score (nSPS) is 21.2. The third-order valence-electron chi connectivity index (χ3n) is 14.8. The average molecular weight is 2120 g/mol. The van der Waals surface area contributed by atoms with Gasteiger partial charge >= 0.3 is 27.0 Å². The van der Waals surface area contributed by atoms with Crippen molar-refractivity contribution >= 4 is 278 Å². The largest absolute Gasteiger partial charge is 0.530 e. The first-order valence-corrected chi connectivity index (χ1v) is 68.6. The van der Waals surface area contributed by atoms with Gasteiger partial charge < -0.3 is 52.8 Å². The van der Waals surface area contributed by atoms with Gasteiger partial charge in [0.05, 0.1) is 40.6 Å². The maximum absolute atomic E-state index is 13.8. The topological polar surface area (TPSA) is 346 Å². The molecule has 115 heavy (non-hydrogen) atoms. The zero-order chi connectivity index (χ0) is 81.2. The van der Waals surface area contributed by atoms with Gasteiger partial charge in [-0.25, -0.2) is 24.2 Å². The van der Waals surface area contributed by atoms with Gasteiger partial charge in [-0.15, -0.1) is 0 Å². The lowest BCUT2D eigenvalue weighted by molar-refractivity contribution is -0.200. The predicted molar refractivity (Wildman–Crippen MR) is 508 cm³/mol. The van der Waals surface area contributed by atoms with Crippen LogP contribution in [0.15, 0.2) is 162 Å². The second-order valence-electron chi connectivity index (χ2n) is 21.7. The summed E-state index contributed by atoms with van der Waals surface area (Å²) >= 11 is 9.56. The number of aromatic nitrogens is 4. The molecule has 28 nitrogen and oxygen atoms in total. The van der Waals surface area contributed by atoms with E-state index in [1.54, 1.807) is 200 Å². The molecule has 2 aromatic heterocycles. The summed E-state index contributed by atoms with van der Waals surface area (Å²) in [5, 5.41) is 36.2. The Morgan fingerprint density at radius 1 is 0.530 bits per heavy atom. The molecule has 0 saturated carbocycles. The number of aliphatic hydroxyl groups is 2. The number of para-hydroxylation sites is 2. The number of methoxy groups -OCH3 is 2. The molecule has 5 aliphatic heterocycles. The number of anilines is 2. The molecule has 0 spiro atoms. The number of aliphatic hydroxyl groups excluding tert-OH is 2. The number of carbonyl (C=O) groups is 1. The lowest BCUT2D eigenvalue weighted by Crippen LogP contribution is -2.37. The molecule has 0 radical (unpaired) electrons. The number of phosphoric acid groups is 2. The number of phosphoric ester groups is 2. The van der Waals surface area contributed by atoms with Crippen LogP contribution < -0.4 is 40.9 Å². The molecule has 5 aliphatic rings. The van der Waals surface area contributed by atoms with Crippen LogP contribution in [-0.4, -0.2) is 116 Å². The predicted octanol–water partition coefficient (Wildman–Crippen LogP) is 7.42. The molecule has 4 unspecified atom stereocenters. The number of nitrogens with zero attached hydrogens (tertiary/aromatic N) is 4. The first-order chi connectivity index (χ1) is 55.3. The Hall–Kier alpha value is -1.95. The van der Waals surface area contributed by atoms with Crippen LogP contribution in [0.1, 0.15) is 61.5 Å². The van der Waals surface area contributed by atoms with E-state index in [-0.39, 0.29) is 45.4 Å². The number of ether oxygens (including phenoxy) is 6. The number of hydrogen-bond donors (Lipinski definition) is 6. The van der Waals surface area contributed by atoms with Crippen molar-refractivity contribution < 1.29 is 94.9 Å². The van der Waals surface area contributed by atoms with Crippen LogP contribution in [0.2, 0.25) is 0 Å². The minimum absolute atomic E-state index is 0. The van der Waals surface area contributed by atoms with E-state index in [0.717, 1.165) is 26.8 Å². The molecule has 0 aliphatic carbocycles. The van der Waals surface area contributed by atoms with Gasteiger partial charge in [0, 0.05) is 268 Å². The zero-order valence-electron chi connectivity index (χ0n) is 57.8. The highest BCUT2D eigenvalue weighted by Gasteiger charge is 2.57. The van der Waals surface area contributed by atoms with Gasteiger partial charge in [-0.2, -0.15) is 9.97 Å². The van der Waals surface area contributed by atoms with Gasteiger partial charge in [0.25, 0.3) is 6.47 Å². The fourth-order valence-electron chi connectivity index (χ4n) is 10.3. The van der Waals surface area contributed by atoms with Crippen LogP contribution in [0.5, 0.6) is 23.0 Å². The number of carboxylic acid groups (broad SMARTS) is 1. The molecule has 12 rings (SSSR count). The van der Waals surface area contributed by atoms with Crippen molar-refractivity contribution in [2.45, 2.75) is 95.0 Å². The van der Waals surface area contributed by atoms with E-state index >= 15 is 0 Å². The van der Waals surface area contributed by atoms with Crippen molar-refractivity contribution in [3.8, 4) is 23.0 Å². The fourth-order valence-corrected chi connectivity index (χ4v) is 75.9. The second-order valence-corrected chi connectivity index (χ2v) is 69.2. The molecule has 3 fully saturated rings. The standard InChI is InChI=1S/C40H40N3O11P.C16H18N3O9P.CH2O2.CH4.S27/c1-39(2)51-35-33(25-49-55(45)48-24-26-10-8-9-13-32(26)53-55)50-37(36(35)52-39)43-23-22-34(41-38(43)44)42-54-40(27-11-6-5-7-12-27,28-14-18-30(46-3)19-15-28)29-16-20-31(47-4)21-17-29;20-13-11(8-26-29(24)25-7-9-3-1-2-4-10(9)28-29)27-15(14(13)21)19-6-5-12(18-23)17-16(19)22;2-1-3;;1-3-5-7-9-11-13-15-17-19-21-23-25-27-26-24-22-20-18-16-14-12-10-8-6-4-2/h5-23,33,35-37H,24-25H2,1-4H3,(H,41,42,44);1-6,11,13-15,20-21,23H,7-8H2,(H,17,18,22);1H,(H,2,3);1H4;/t33-,35?,36+,37-,55?;11-,13?,14+,15-,29?;;;/m11.../s1. The van der Waals surface area contributed by atoms with Crippen LogP contribution in [0, 0.1) is 0 Å². The quantitative estimate of drug-likeness (QED) is 0.0223. The molecule has 7 heterocycles. The van der Waals surface area contributed by atoms with Crippen molar-refractivity contribution in [3.63, 3.8) is 0 Å². The van der Waals surface area contributed by atoms with Gasteiger partial charge in [0.1, 0.15) is 59.6 Å². The van der Waals surface area contributed by atoms with E-state index in [4.69, 9.17) is 97.9 Å². The third-order valence-corrected chi connectivity index (χ3v) is 70.8. The molecule has 7 aromatic rings. The second kappa shape index (κ2) is 52.0. The Morgan fingerprint density at radius 3 is 1.33 bits per heavy atom. The molecular weight excluding hydrogens is 2060 g/mol. The number of nitrogens with one attached hydrogen (secondary N) is 2. The number of rotatable bonds is 17. The summed E-state index contributed by atoms with van der Waals surface area (Å²) in [5.74, 6) is 1.21. The Balaban J connectivity index is 0.000000233. The summed E-state index contributed by atoms with van der Waals surface area (Å²) in [6.45, 7) is 2.74. The first kappa shape index (κ1) is 98.5. The van der Waals surface area contributed by atoms with Crippen molar-refractivity contribution in [1.29, 1.82) is 0 Å². The smallest absolute Gasteiger partial charge is 0.497 e. The van der Waals surface area contributed by atoms with Crippen molar-refractivity contribution in [3.05, 3.63) is 201 Å². The van der Waals surface area contributed by atoms with Gasteiger partial charge in [-0.1, -0.05) is 98.4 Å². The molecule has 0 bridgehead atoms. The molecule has 3 saturated heterocycles. The van der Waals surface area contributed by atoms with E-state index < -0.39 is 94.1 Å². The molecule has 0 amide bonds. The first-order valence-electron chi connectivity index (χ1n) is 31.1. The van der Waals surface area contributed by atoms with Crippen molar-refractivity contribution in [2.24, 2.45) is 0 Å². The lowest BCUT2D eigenvalue weighted by atomic mass is 9.80. The molecule has 6 N–H and O–H groups in total. The van der Waals surface area contributed by atoms with Crippen LogP contribution in [-0.2, 0) is 319 Å². The Labute approximate surface area is 739 Å². The van der Waals surface area contributed by atoms with Crippen LogP contribution in [0.25, 0.3) is 0 Å². The van der Waals surface area contributed by atoms with Crippen LogP contribution in [0.3, 0.4) is 0 Å².